The van der Waals surface area contributed by atoms with Crippen LogP contribution < -0.4 is 0 Å². The standard InChI is InChI=1S/C39H56O4/c1-25(2)28-16-21-39(24-40)23-22-37(6)29(34(28)39)13-14-31-36(5)19-18-32(35(3,4)30(36)17-20-38(31,37)7)43-33(42)15-10-26-8-11-27(41)12-9-26/h8-12,15,28-32,34,40-41H,1,13-14,16-24H2,2-7H3/t28?,29-,30-,31+,32?,34+,36+,37-,38-,39-/m1/s1. The van der Waals surface area contributed by atoms with E-state index in [-0.39, 0.29) is 44.9 Å². The predicted molar refractivity (Wildman–Crippen MR) is 173 cm³/mol. The quantitative estimate of drug-likeness (QED) is 0.205. The molecule has 43 heavy (non-hydrogen) atoms. The van der Waals surface area contributed by atoms with Crippen LogP contribution in [0.5, 0.6) is 5.75 Å². The Morgan fingerprint density at radius 1 is 0.907 bits per heavy atom. The molecule has 0 bridgehead atoms. The van der Waals surface area contributed by atoms with Gasteiger partial charge in [-0.25, -0.2) is 4.79 Å². The molecule has 0 radical (unpaired) electrons. The molecular weight excluding hydrogens is 532 g/mol. The van der Waals surface area contributed by atoms with E-state index in [1.165, 1.54) is 50.2 Å². The Hall–Kier alpha value is -2.07. The van der Waals surface area contributed by atoms with Gasteiger partial charge in [0.25, 0.3) is 0 Å². The molecule has 4 nitrogen and oxygen atoms in total. The molecule has 0 spiro atoms. The number of benzene rings is 1. The molecule has 5 fully saturated rings. The van der Waals surface area contributed by atoms with E-state index < -0.39 is 0 Å². The van der Waals surface area contributed by atoms with Crippen molar-refractivity contribution >= 4 is 12.0 Å². The minimum atomic E-state index is -0.276. The second-order valence-corrected chi connectivity index (χ2v) is 16.9. The van der Waals surface area contributed by atoms with E-state index in [4.69, 9.17) is 4.74 Å². The number of aliphatic hydroxyl groups is 1. The number of rotatable bonds is 5. The molecule has 5 saturated carbocycles. The molecule has 1 aromatic rings. The van der Waals surface area contributed by atoms with Crippen molar-refractivity contribution in [1.82, 2.24) is 0 Å². The Morgan fingerprint density at radius 3 is 2.30 bits per heavy atom. The predicted octanol–water partition coefficient (Wildman–Crippen LogP) is 8.97. The monoisotopic (exact) mass is 588 g/mol. The summed E-state index contributed by atoms with van der Waals surface area (Å²) in [5, 5.41) is 20.3. The number of esters is 1. The first-order valence-electron chi connectivity index (χ1n) is 17.2. The van der Waals surface area contributed by atoms with Crippen LogP contribution in [0.3, 0.4) is 0 Å². The van der Waals surface area contributed by atoms with Crippen molar-refractivity contribution in [1.29, 1.82) is 0 Å². The lowest BCUT2D eigenvalue weighted by molar-refractivity contribution is -0.251. The third-order valence-corrected chi connectivity index (χ3v) is 15.1. The van der Waals surface area contributed by atoms with Crippen LogP contribution in [0.1, 0.15) is 111 Å². The van der Waals surface area contributed by atoms with Crippen LogP contribution in [0.15, 0.2) is 42.5 Å². The van der Waals surface area contributed by atoms with Gasteiger partial charge >= 0.3 is 5.97 Å². The fraction of sp³-hybridized carbons (Fsp3) is 0.718. The molecule has 1 aromatic carbocycles. The second kappa shape index (κ2) is 10.5. The third kappa shape index (κ3) is 4.50. The Labute approximate surface area is 260 Å². The molecular formula is C39H56O4. The van der Waals surface area contributed by atoms with Gasteiger partial charge in [0.15, 0.2) is 0 Å². The van der Waals surface area contributed by atoms with Crippen molar-refractivity contribution in [2.75, 3.05) is 6.61 Å². The molecule has 0 aliphatic heterocycles. The van der Waals surface area contributed by atoms with Gasteiger partial charge in [-0.1, -0.05) is 58.9 Å². The van der Waals surface area contributed by atoms with E-state index in [2.05, 4.69) is 48.1 Å². The fourth-order valence-corrected chi connectivity index (χ4v) is 12.7. The maximum absolute atomic E-state index is 13.0. The van der Waals surface area contributed by atoms with Gasteiger partial charge in [0.05, 0.1) is 0 Å². The molecule has 0 amide bonds. The number of carbonyl (C=O) groups excluding carboxylic acids is 1. The van der Waals surface area contributed by atoms with Gasteiger partial charge in [-0.05, 0) is 146 Å². The molecule has 236 valence electrons. The molecule has 4 heteroatoms. The van der Waals surface area contributed by atoms with Crippen LogP contribution in [0.25, 0.3) is 6.08 Å². The molecule has 2 N–H and O–H groups in total. The Morgan fingerprint density at radius 2 is 1.63 bits per heavy atom. The SMILES string of the molecule is C=C(C)C1CC[C@]2(CO)CC[C@]3(C)[C@H](CC[C@H]4[C@@]5(C)CCC(OC(=O)C=Cc6ccc(O)cc6)C(C)(C)[C@H]5CC[C@]43C)[C@H]12. The zero-order valence-electron chi connectivity index (χ0n) is 27.6. The minimum absolute atomic E-state index is 0.0894. The number of aromatic hydroxyl groups is 1. The van der Waals surface area contributed by atoms with Crippen LogP contribution in [-0.2, 0) is 9.53 Å². The number of phenols is 1. The van der Waals surface area contributed by atoms with Gasteiger partial charge in [0.2, 0.25) is 0 Å². The summed E-state index contributed by atoms with van der Waals surface area (Å²) in [5.41, 5.74) is 2.98. The van der Waals surface area contributed by atoms with Gasteiger partial charge in [-0.2, -0.15) is 0 Å². The number of carbonyl (C=O) groups is 1. The summed E-state index contributed by atoms with van der Waals surface area (Å²) in [6, 6.07) is 6.85. The summed E-state index contributed by atoms with van der Waals surface area (Å²) in [4.78, 5) is 13.0. The summed E-state index contributed by atoms with van der Waals surface area (Å²) < 4.78 is 6.21. The topological polar surface area (TPSA) is 66.8 Å². The average Bonchev–Trinajstić information content (AvgIpc) is 3.35. The van der Waals surface area contributed by atoms with Gasteiger partial charge in [0, 0.05) is 18.1 Å². The van der Waals surface area contributed by atoms with E-state index in [9.17, 15) is 15.0 Å². The van der Waals surface area contributed by atoms with Crippen LogP contribution in [0.4, 0.5) is 0 Å². The first kappa shape index (κ1) is 30.9. The lowest BCUT2D eigenvalue weighted by Gasteiger charge is -2.73. The lowest BCUT2D eigenvalue weighted by atomic mass is 9.32. The molecule has 6 rings (SSSR count). The summed E-state index contributed by atoms with van der Waals surface area (Å²) in [7, 11) is 0. The van der Waals surface area contributed by atoms with Gasteiger partial charge in [-0.3, -0.25) is 0 Å². The summed E-state index contributed by atoms with van der Waals surface area (Å²) in [5.74, 6) is 2.90. The van der Waals surface area contributed by atoms with Crippen molar-refractivity contribution < 1.29 is 19.7 Å². The molecule has 0 heterocycles. The number of aliphatic hydroxyl groups excluding tert-OH is 1. The maximum Gasteiger partial charge on any atom is 0.331 e. The van der Waals surface area contributed by atoms with Crippen molar-refractivity contribution in [3.63, 3.8) is 0 Å². The number of allylic oxidation sites excluding steroid dienone is 1. The summed E-state index contributed by atoms with van der Waals surface area (Å²) >= 11 is 0. The summed E-state index contributed by atoms with van der Waals surface area (Å²) in [6.45, 7) is 19.7. The average molecular weight is 589 g/mol. The largest absolute Gasteiger partial charge is 0.508 e. The number of fused-ring (bicyclic) bond motifs is 7. The smallest absolute Gasteiger partial charge is 0.331 e. The highest BCUT2D eigenvalue weighted by molar-refractivity contribution is 5.87. The maximum atomic E-state index is 13.0. The van der Waals surface area contributed by atoms with E-state index in [0.29, 0.717) is 36.2 Å². The normalized spacial score (nSPS) is 45.0. The Bertz CT molecular complexity index is 1280. The minimum Gasteiger partial charge on any atom is -0.508 e. The van der Waals surface area contributed by atoms with Gasteiger partial charge in [-0.15, -0.1) is 0 Å². The number of phenolic OH excluding ortho intramolecular Hbond substituents is 1. The van der Waals surface area contributed by atoms with E-state index in [0.717, 1.165) is 31.2 Å². The Balaban J connectivity index is 1.23. The molecule has 0 aromatic heterocycles. The van der Waals surface area contributed by atoms with Crippen molar-refractivity contribution in [2.45, 2.75) is 112 Å². The number of ether oxygens (including phenoxy) is 1. The Kier molecular flexibility index (Phi) is 7.55. The second-order valence-electron chi connectivity index (χ2n) is 16.9. The highest BCUT2D eigenvalue weighted by Crippen LogP contribution is 2.77. The molecule has 5 aliphatic carbocycles. The van der Waals surface area contributed by atoms with Crippen LogP contribution in [0, 0.1) is 56.7 Å². The lowest BCUT2D eigenvalue weighted by Crippen LogP contribution is -2.67. The first-order chi connectivity index (χ1) is 20.2. The molecule has 0 saturated heterocycles. The highest BCUT2D eigenvalue weighted by Gasteiger charge is 2.71. The van der Waals surface area contributed by atoms with Gasteiger partial charge in [0.1, 0.15) is 11.9 Å². The van der Waals surface area contributed by atoms with E-state index >= 15 is 0 Å². The number of hydrogen-bond donors (Lipinski definition) is 2. The zero-order valence-corrected chi connectivity index (χ0v) is 27.6. The fourth-order valence-electron chi connectivity index (χ4n) is 12.7. The van der Waals surface area contributed by atoms with E-state index in [1.807, 2.05) is 0 Å². The number of hydrogen-bond acceptors (Lipinski definition) is 4. The van der Waals surface area contributed by atoms with Crippen molar-refractivity contribution in [3.05, 3.63) is 48.1 Å². The van der Waals surface area contributed by atoms with Crippen molar-refractivity contribution in [3.8, 4) is 5.75 Å². The van der Waals surface area contributed by atoms with Crippen LogP contribution >= 0.6 is 0 Å². The zero-order chi connectivity index (χ0) is 31.0. The van der Waals surface area contributed by atoms with Gasteiger partial charge < -0.3 is 14.9 Å². The van der Waals surface area contributed by atoms with Crippen LogP contribution in [0.2, 0.25) is 0 Å². The first-order valence-corrected chi connectivity index (χ1v) is 17.2. The molecule has 2 unspecified atom stereocenters. The van der Waals surface area contributed by atoms with Crippen molar-refractivity contribution in [2.24, 2.45) is 56.7 Å². The molecule has 10 atom stereocenters. The molecule has 5 aliphatic rings. The summed E-state index contributed by atoms with van der Waals surface area (Å²) in [6.07, 6.45) is 15.0. The van der Waals surface area contributed by atoms with E-state index in [1.54, 1.807) is 30.3 Å². The highest BCUT2D eigenvalue weighted by atomic mass is 16.5. The van der Waals surface area contributed by atoms with Crippen LogP contribution in [-0.4, -0.2) is 28.9 Å². The third-order valence-electron chi connectivity index (χ3n) is 15.1.